The third-order valence-electron chi connectivity index (χ3n) is 4.85. The van der Waals surface area contributed by atoms with Crippen molar-refractivity contribution in [3.8, 4) is 5.88 Å². The topological polar surface area (TPSA) is 104 Å². The van der Waals surface area contributed by atoms with Gasteiger partial charge in [-0.15, -0.1) is 0 Å². The van der Waals surface area contributed by atoms with Crippen LogP contribution in [0.5, 0.6) is 5.88 Å². The van der Waals surface area contributed by atoms with E-state index in [0.29, 0.717) is 41.9 Å². The first-order chi connectivity index (χ1) is 14.9. The van der Waals surface area contributed by atoms with Gasteiger partial charge in [-0.2, -0.15) is 0 Å². The molecule has 0 saturated heterocycles. The molecule has 1 aliphatic rings. The molecule has 3 rings (SSSR count). The van der Waals surface area contributed by atoms with Gasteiger partial charge in [0.05, 0.1) is 25.3 Å². The van der Waals surface area contributed by atoms with Crippen molar-refractivity contribution in [1.29, 1.82) is 0 Å². The van der Waals surface area contributed by atoms with Crippen LogP contribution in [0, 0.1) is 0 Å². The van der Waals surface area contributed by atoms with Crippen LogP contribution in [0.1, 0.15) is 38.7 Å². The Balaban J connectivity index is 1.83. The minimum Gasteiger partial charge on any atom is -0.494 e. The van der Waals surface area contributed by atoms with Crippen molar-refractivity contribution in [2.75, 3.05) is 19.8 Å². The summed E-state index contributed by atoms with van der Waals surface area (Å²) in [6.45, 7) is 5.20. The van der Waals surface area contributed by atoms with Crippen LogP contribution >= 0.6 is 15.9 Å². The van der Waals surface area contributed by atoms with Gasteiger partial charge in [0.2, 0.25) is 11.7 Å². The van der Waals surface area contributed by atoms with E-state index in [4.69, 9.17) is 9.47 Å². The molecule has 1 aliphatic carbocycles. The van der Waals surface area contributed by atoms with Crippen LogP contribution < -0.4 is 5.56 Å². The van der Waals surface area contributed by atoms with E-state index >= 15 is 0 Å². The van der Waals surface area contributed by atoms with Crippen LogP contribution in [0.2, 0.25) is 0 Å². The molecule has 0 bridgehead atoms. The molecule has 2 aromatic rings. The number of hydrogen-bond donors (Lipinski definition) is 3. The lowest BCUT2D eigenvalue weighted by Gasteiger charge is -2.32. The summed E-state index contributed by atoms with van der Waals surface area (Å²) in [6, 6.07) is 5.23. The van der Waals surface area contributed by atoms with Crippen molar-refractivity contribution in [3.63, 3.8) is 0 Å². The van der Waals surface area contributed by atoms with Crippen LogP contribution in [0.15, 0.2) is 55.9 Å². The lowest BCUT2D eigenvalue weighted by molar-refractivity contribution is -0.198. The second kappa shape index (κ2) is 10.3. The molecule has 3 N–H and O–H groups in total. The van der Waals surface area contributed by atoms with Crippen LogP contribution in [0.3, 0.4) is 0 Å². The minimum atomic E-state index is -1.46. The molecule has 8 heteroatoms. The first-order valence-corrected chi connectivity index (χ1v) is 11.1. The van der Waals surface area contributed by atoms with Gasteiger partial charge in [-0.3, -0.25) is 14.8 Å². The van der Waals surface area contributed by atoms with E-state index in [-0.39, 0.29) is 17.9 Å². The number of rotatable bonds is 9. The predicted octanol–water partition coefficient (Wildman–Crippen LogP) is 4.17. The average Bonchev–Trinajstić information content (AvgIpc) is 2.74. The standard InChI is InChI=1S/C23H27BrN2O5/c1-3-9-30-20-11-15(7-8-23(20,29)31-10-4-2)13-25-14-19-18-12-16(24)5-6-17(18)21(27)26-22(19)28/h5-7,11-12,14,29H,3-4,8-10,13H2,1-2H3,(H2,26,27,28). The number of halogens is 1. The van der Waals surface area contributed by atoms with E-state index in [2.05, 4.69) is 25.9 Å². The Bertz CT molecular complexity index is 1090. The molecule has 0 fully saturated rings. The second-order valence-corrected chi connectivity index (χ2v) is 8.26. The molecule has 31 heavy (non-hydrogen) atoms. The number of aliphatic imine (C=N–C) groups is 1. The van der Waals surface area contributed by atoms with Crippen molar-refractivity contribution in [2.45, 2.75) is 38.9 Å². The van der Waals surface area contributed by atoms with Gasteiger partial charge < -0.3 is 19.7 Å². The third kappa shape index (κ3) is 5.44. The van der Waals surface area contributed by atoms with Crippen molar-refractivity contribution >= 4 is 32.9 Å². The Kier molecular flexibility index (Phi) is 7.69. The Hall–Kier alpha value is -2.42. The quantitative estimate of drug-likeness (QED) is 0.361. The first kappa shape index (κ1) is 23.2. The Morgan fingerprint density at radius 2 is 2.03 bits per heavy atom. The normalized spacial score (nSPS) is 19.0. The van der Waals surface area contributed by atoms with Crippen LogP contribution in [0.25, 0.3) is 10.8 Å². The molecule has 1 aromatic heterocycles. The zero-order valence-corrected chi connectivity index (χ0v) is 19.2. The highest BCUT2D eigenvalue weighted by Crippen LogP contribution is 2.31. The number of pyridine rings is 1. The molecule has 0 saturated carbocycles. The predicted molar refractivity (Wildman–Crippen MR) is 125 cm³/mol. The summed E-state index contributed by atoms with van der Waals surface area (Å²) in [7, 11) is 0. The van der Waals surface area contributed by atoms with Crippen molar-refractivity contribution in [3.05, 3.63) is 62.1 Å². The largest absolute Gasteiger partial charge is 0.494 e. The maximum absolute atomic E-state index is 12.1. The van der Waals surface area contributed by atoms with Gasteiger partial charge in [0.15, 0.2) is 5.76 Å². The van der Waals surface area contributed by atoms with Gasteiger partial charge in [0.25, 0.3) is 5.56 Å². The fourth-order valence-corrected chi connectivity index (χ4v) is 3.63. The van der Waals surface area contributed by atoms with E-state index in [9.17, 15) is 15.0 Å². The Morgan fingerprint density at radius 3 is 2.77 bits per heavy atom. The number of H-pyrrole nitrogens is 1. The van der Waals surface area contributed by atoms with Crippen molar-refractivity contribution < 1.29 is 19.7 Å². The molecule has 0 spiro atoms. The number of aromatic amines is 1. The SMILES string of the molecule is CCCOC1=CC(CN=Cc2c(O)[nH]c(=O)c3ccc(Br)cc23)=CCC1(O)OCCC. The van der Waals surface area contributed by atoms with E-state index in [0.717, 1.165) is 22.9 Å². The number of aromatic hydroxyl groups is 1. The number of benzene rings is 1. The molecule has 1 unspecified atom stereocenters. The van der Waals surface area contributed by atoms with Crippen molar-refractivity contribution in [2.24, 2.45) is 4.99 Å². The molecule has 1 aromatic carbocycles. The fourth-order valence-electron chi connectivity index (χ4n) is 3.27. The highest BCUT2D eigenvalue weighted by molar-refractivity contribution is 9.10. The summed E-state index contributed by atoms with van der Waals surface area (Å²) >= 11 is 3.40. The Morgan fingerprint density at radius 1 is 1.26 bits per heavy atom. The monoisotopic (exact) mass is 490 g/mol. The zero-order valence-electron chi connectivity index (χ0n) is 17.7. The first-order valence-electron chi connectivity index (χ1n) is 10.3. The maximum Gasteiger partial charge on any atom is 0.258 e. The molecular formula is C23H27BrN2O5. The fraction of sp³-hybridized carbons (Fsp3) is 0.391. The van der Waals surface area contributed by atoms with Crippen LogP contribution in [-0.2, 0) is 9.47 Å². The number of aliphatic hydroxyl groups is 1. The number of nitrogens with one attached hydrogen (secondary N) is 1. The zero-order chi connectivity index (χ0) is 22.4. The highest BCUT2D eigenvalue weighted by atomic mass is 79.9. The molecular weight excluding hydrogens is 464 g/mol. The summed E-state index contributed by atoms with van der Waals surface area (Å²) in [5, 5.41) is 22.2. The van der Waals surface area contributed by atoms with E-state index < -0.39 is 5.79 Å². The lowest BCUT2D eigenvalue weighted by atomic mass is 9.99. The van der Waals surface area contributed by atoms with Gasteiger partial charge in [-0.05, 0) is 42.7 Å². The lowest BCUT2D eigenvalue weighted by Crippen LogP contribution is -2.37. The van der Waals surface area contributed by atoms with E-state index in [1.165, 1.54) is 6.21 Å². The summed E-state index contributed by atoms with van der Waals surface area (Å²) < 4.78 is 12.2. The van der Waals surface area contributed by atoms with Gasteiger partial charge in [-0.25, -0.2) is 0 Å². The number of nitrogens with zero attached hydrogens (tertiary/aromatic N) is 1. The minimum absolute atomic E-state index is 0.234. The molecule has 7 nitrogen and oxygen atoms in total. The second-order valence-electron chi connectivity index (χ2n) is 7.35. The molecule has 1 heterocycles. The summed E-state index contributed by atoms with van der Waals surface area (Å²) in [4.78, 5) is 19.0. The molecule has 0 radical (unpaired) electrons. The van der Waals surface area contributed by atoms with Gasteiger partial charge in [-0.1, -0.05) is 35.9 Å². The summed E-state index contributed by atoms with van der Waals surface area (Å²) in [6.07, 6.45) is 7.03. The molecule has 0 aliphatic heterocycles. The number of aromatic nitrogens is 1. The van der Waals surface area contributed by atoms with Crippen molar-refractivity contribution in [1.82, 2.24) is 4.98 Å². The maximum atomic E-state index is 12.1. The number of ether oxygens (including phenoxy) is 2. The van der Waals surface area contributed by atoms with Crippen LogP contribution in [-0.4, -0.2) is 47.0 Å². The smallest absolute Gasteiger partial charge is 0.258 e. The molecule has 166 valence electrons. The molecule has 0 amide bonds. The van der Waals surface area contributed by atoms with E-state index in [1.807, 2.05) is 19.9 Å². The highest BCUT2D eigenvalue weighted by Gasteiger charge is 2.36. The van der Waals surface area contributed by atoms with Gasteiger partial charge in [0, 0.05) is 27.9 Å². The van der Waals surface area contributed by atoms with E-state index in [1.54, 1.807) is 24.3 Å². The number of hydrogen-bond acceptors (Lipinski definition) is 6. The molecule has 1 atom stereocenters. The summed E-state index contributed by atoms with van der Waals surface area (Å²) in [5.41, 5.74) is 0.933. The number of fused-ring (bicyclic) bond motifs is 1. The van der Waals surface area contributed by atoms with Crippen LogP contribution in [0.4, 0.5) is 0 Å². The average molecular weight is 491 g/mol. The Labute approximate surface area is 189 Å². The van der Waals surface area contributed by atoms with Gasteiger partial charge in [0.1, 0.15) is 0 Å². The summed E-state index contributed by atoms with van der Waals surface area (Å²) in [5.74, 6) is -1.31. The third-order valence-corrected chi connectivity index (χ3v) is 5.34. The van der Waals surface area contributed by atoms with Gasteiger partial charge >= 0.3 is 0 Å².